The van der Waals surface area contributed by atoms with Crippen molar-refractivity contribution < 1.29 is 14.3 Å². The highest BCUT2D eigenvalue weighted by Crippen LogP contribution is 2.22. The van der Waals surface area contributed by atoms with Gasteiger partial charge in [0, 0.05) is 11.6 Å². The Morgan fingerprint density at radius 2 is 1.91 bits per heavy atom. The molecule has 23 heavy (non-hydrogen) atoms. The summed E-state index contributed by atoms with van der Waals surface area (Å²) >= 11 is 5.91. The average Bonchev–Trinajstić information content (AvgIpc) is 2.55. The number of rotatable bonds is 6. The highest BCUT2D eigenvalue weighted by molar-refractivity contribution is 6.30. The van der Waals surface area contributed by atoms with E-state index in [4.69, 9.17) is 21.1 Å². The molecule has 2 aromatic rings. The van der Waals surface area contributed by atoms with Crippen molar-refractivity contribution in [2.45, 2.75) is 26.5 Å². The summed E-state index contributed by atoms with van der Waals surface area (Å²) in [6.45, 7) is 4.05. The normalized spacial score (nSPS) is 11.7. The van der Waals surface area contributed by atoms with E-state index in [1.165, 1.54) is 0 Å². The molecule has 122 valence electrons. The first-order chi connectivity index (χ1) is 11.0. The molecule has 0 fully saturated rings. The number of carbonyl (C=O) groups excluding carboxylic acids is 1. The van der Waals surface area contributed by atoms with E-state index < -0.39 is 6.10 Å². The Labute approximate surface area is 141 Å². The van der Waals surface area contributed by atoms with Crippen molar-refractivity contribution >= 4 is 17.5 Å². The van der Waals surface area contributed by atoms with E-state index >= 15 is 0 Å². The molecule has 1 amide bonds. The maximum Gasteiger partial charge on any atom is 0.261 e. The quantitative estimate of drug-likeness (QED) is 0.876. The number of nitrogens with one attached hydrogen (secondary N) is 1. The molecule has 0 spiro atoms. The van der Waals surface area contributed by atoms with Crippen LogP contribution in [0.3, 0.4) is 0 Å². The Kier molecular flexibility index (Phi) is 5.88. The third-order valence-corrected chi connectivity index (χ3v) is 3.67. The van der Waals surface area contributed by atoms with E-state index in [9.17, 15) is 4.79 Å². The Hall–Kier alpha value is -2.20. The zero-order valence-electron chi connectivity index (χ0n) is 13.4. The summed E-state index contributed by atoms with van der Waals surface area (Å²) in [5.74, 6) is 1.27. The minimum Gasteiger partial charge on any atom is -0.497 e. The lowest BCUT2D eigenvalue weighted by Crippen LogP contribution is -2.36. The van der Waals surface area contributed by atoms with Gasteiger partial charge in [-0.1, -0.05) is 23.7 Å². The SMILES string of the molecule is COc1ccc(CNC(=O)[C@H](C)Oc2ccc(Cl)cc2C)cc1. The number of ether oxygens (including phenoxy) is 2. The fourth-order valence-electron chi connectivity index (χ4n) is 2.07. The fourth-order valence-corrected chi connectivity index (χ4v) is 2.29. The molecule has 0 radical (unpaired) electrons. The lowest BCUT2D eigenvalue weighted by atomic mass is 10.2. The van der Waals surface area contributed by atoms with E-state index in [1.807, 2.05) is 31.2 Å². The van der Waals surface area contributed by atoms with E-state index in [0.717, 1.165) is 16.9 Å². The first-order valence-electron chi connectivity index (χ1n) is 7.33. The van der Waals surface area contributed by atoms with Gasteiger partial charge < -0.3 is 14.8 Å². The van der Waals surface area contributed by atoms with Crippen LogP contribution in [0, 0.1) is 6.92 Å². The number of methoxy groups -OCH3 is 1. The number of halogens is 1. The van der Waals surface area contributed by atoms with Gasteiger partial charge in [-0.15, -0.1) is 0 Å². The van der Waals surface area contributed by atoms with Crippen molar-refractivity contribution in [3.8, 4) is 11.5 Å². The van der Waals surface area contributed by atoms with Gasteiger partial charge in [0.25, 0.3) is 5.91 Å². The molecule has 0 aliphatic rings. The molecule has 0 unspecified atom stereocenters. The molecule has 2 aromatic carbocycles. The second-order valence-electron chi connectivity index (χ2n) is 5.24. The van der Waals surface area contributed by atoms with Crippen molar-refractivity contribution in [3.05, 3.63) is 58.6 Å². The predicted molar refractivity (Wildman–Crippen MR) is 91.1 cm³/mol. The molecule has 5 heteroatoms. The third-order valence-electron chi connectivity index (χ3n) is 3.44. The largest absolute Gasteiger partial charge is 0.497 e. The number of hydrogen-bond donors (Lipinski definition) is 1. The standard InChI is InChI=1S/C18H20ClNO3/c1-12-10-15(19)6-9-17(12)23-13(2)18(21)20-11-14-4-7-16(22-3)8-5-14/h4-10,13H,11H2,1-3H3,(H,20,21)/t13-/m0/s1. The van der Waals surface area contributed by atoms with E-state index in [1.54, 1.807) is 32.2 Å². The fraction of sp³-hybridized carbons (Fsp3) is 0.278. The first kappa shape index (κ1) is 17.2. The second kappa shape index (κ2) is 7.88. The Balaban J connectivity index is 1.89. The van der Waals surface area contributed by atoms with Crippen LogP contribution < -0.4 is 14.8 Å². The van der Waals surface area contributed by atoms with Gasteiger partial charge in [-0.25, -0.2) is 0 Å². The Morgan fingerprint density at radius 3 is 2.52 bits per heavy atom. The van der Waals surface area contributed by atoms with Gasteiger partial charge >= 0.3 is 0 Å². The molecule has 0 aromatic heterocycles. The summed E-state index contributed by atoms with van der Waals surface area (Å²) in [5, 5.41) is 3.50. The van der Waals surface area contributed by atoms with Gasteiger partial charge in [-0.05, 0) is 55.3 Å². The Bertz CT molecular complexity index is 670. The van der Waals surface area contributed by atoms with Crippen LogP contribution in [0.4, 0.5) is 0 Å². The number of aryl methyl sites for hydroxylation is 1. The summed E-state index contributed by atoms with van der Waals surface area (Å²) in [6, 6.07) is 12.9. The molecule has 0 aliphatic carbocycles. The van der Waals surface area contributed by atoms with Crippen molar-refractivity contribution in [1.29, 1.82) is 0 Å². The van der Waals surface area contributed by atoms with Gasteiger partial charge in [-0.3, -0.25) is 4.79 Å². The van der Waals surface area contributed by atoms with Crippen LogP contribution in [0.2, 0.25) is 5.02 Å². The zero-order chi connectivity index (χ0) is 16.8. The maximum atomic E-state index is 12.1. The summed E-state index contributed by atoms with van der Waals surface area (Å²) in [5.41, 5.74) is 1.89. The molecule has 0 saturated heterocycles. The maximum absolute atomic E-state index is 12.1. The summed E-state index contributed by atoms with van der Waals surface area (Å²) < 4.78 is 10.8. The molecule has 1 atom stereocenters. The van der Waals surface area contributed by atoms with Crippen molar-refractivity contribution in [2.75, 3.05) is 7.11 Å². The monoisotopic (exact) mass is 333 g/mol. The topological polar surface area (TPSA) is 47.6 Å². The van der Waals surface area contributed by atoms with Crippen molar-refractivity contribution in [3.63, 3.8) is 0 Å². The number of hydrogen-bond acceptors (Lipinski definition) is 3. The first-order valence-corrected chi connectivity index (χ1v) is 7.71. The van der Waals surface area contributed by atoms with Gasteiger partial charge in [0.1, 0.15) is 11.5 Å². The summed E-state index contributed by atoms with van der Waals surface area (Å²) in [4.78, 5) is 12.1. The number of benzene rings is 2. The zero-order valence-corrected chi connectivity index (χ0v) is 14.2. The molecule has 4 nitrogen and oxygen atoms in total. The van der Waals surface area contributed by atoms with Crippen molar-refractivity contribution in [1.82, 2.24) is 5.32 Å². The van der Waals surface area contributed by atoms with Crippen LogP contribution >= 0.6 is 11.6 Å². The van der Waals surface area contributed by atoms with Crippen LogP contribution in [0.25, 0.3) is 0 Å². The lowest BCUT2D eigenvalue weighted by Gasteiger charge is -2.16. The van der Waals surface area contributed by atoms with E-state index in [2.05, 4.69) is 5.32 Å². The average molecular weight is 334 g/mol. The van der Waals surface area contributed by atoms with Gasteiger partial charge in [0.05, 0.1) is 7.11 Å². The molecule has 2 rings (SSSR count). The molecule has 0 bridgehead atoms. The van der Waals surface area contributed by atoms with Gasteiger partial charge in [-0.2, -0.15) is 0 Å². The van der Waals surface area contributed by atoms with E-state index in [0.29, 0.717) is 17.3 Å². The molecular weight excluding hydrogens is 314 g/mol. The van der Waals surface area contributed by atoms with Crippen LogP contribution in [0.1, 0.15) is 18.1 Å². The molecule has 0 saturated carbocycles. The number of amides is 1. The molecule has 0 aliphatic heterocycles. The molecule has 1 N–H and O–H groups in total. The predicted octanol–water partition coefficient (Wildman–Crippen LogP) is 3.74. The smallest absolute Gasteiger partial charge is 0.261 e. The van der Waals surface area contributed by atoms with Gasteiger partial charge in [0.15, 0.2) is 6.10 Å². The van der Waals surface area contributed by atoms with Crippen LogP contribution in [-0.2, 0) is 11.3 Å². The summed E-state index contributed by atoms with van der Waals surface area (Å²) in [7, 11) is 1.62. The highest BCUT2D eigenvalue weighted by Gasteiger charge is 2.15. The number of carbonyl (C=O) groups is 1. The van der Waals surface area contributed by atoms with Gasteiger partial charge in [0.2, 0.25) is 0 Å². The molecule has 0 heterocycles. The third kappa shape index (κ3) is 4.89. The van der Waals surface area contributed by atoms with Crippen molar-refractivity contribution in [2.24, 2.45) is 0 Å². The van der Waals surface area contributed by atoms with E-state index in [-0.39, 0.29) is 5.91 Å². The highest BCUT2D eigenvalue weighted by atomic mass is 35.5. The summed E-state index contributed by atoms with van der Waals surface area (Å²) in [6.07, 6.45) is -0.590. The van der Waals surface area contributed by atoms with Crippen LogP contribution in [-0.4, -0.2) is 19.1 Å². The molecular formula is C18H20ClNO3. The minimum atomic E-state index is -0.590. The van der Waals surface area contributed by atoms with Crippen LogP contribution in [0.15, 0.2) is 42.5 Å². The van der Waals surface area contributed by atoms with Crippen LogP contribution in [0.5, 0.6) is 11.5 Å². The minimum absolute atomic E-state index is 0.171. The lowest BCUT2D eigenvalue weighted by molar-refractivity contribution is -0.127. The Morgan fingerprint density at radius 1 is 1.22 bits per heavy atom. The second-order valence-corrected chi connectivity index (χ2v) is 5.67.